The number of ether oxygens (including phenoxy) is 4. The maximum absolute atomic E-state index is 9.60. The average molecular weight is 234 g/mol. The van der Waals surface area contributed by atoms with E-state index in [1.165, 1.54) is 0 Å². The molecule has 4 unspecified atom stereocenters. The monoisotopic (exact) mass is 234 g/mol. The topological polar surface area (TPSA) is 84.0 Å². The zero-order valence-corrected chi connectivity index (χ0v) is 9.24. The molecule has 0 aromatic heterocycles. The van der Waals surface area contributed by atoms with E-state index in [1.54, 1.807) is 6.92 Å². The van der Waals surface area contributed by atoms with E-state index < -0.39 is 18.5 Å². The number of aliphatic hydroxyl groups is 2. The highest BCUT2D eigenvalue weighted by atomic mass is 16.7. The van der Waals surface area contributed by atoms with E-state index in [4.69, 9.17) is 18.9 Å². The summed E-state index contributed by atoms with van der Waals surface area (Å²) in [5.74, 6) is -0.502. The fraction of sp³-hybridized carbons (Fsp3) is 1.00. The maximum atomic E-state index is 9.60. The van der Waals surface area contributed by atoms with Gasteiger partial charge in [0.1, 0.15) is 12.2 Å². The number of aliphatic hydroxyl groups excluding tert-OH is 2. The molecule has 0 bridgehead atoms. The van der Waals surface area contributed by atoms with Crippen molar-refractivity contribution in [1.29, 1.82) is 0 Å². The third kappa shape index (κ3) is 3.97. The Morgan fingerprint density at radius 1 is 1.06 bits per heavy atom. The molecule has 0 aliphatic carbocycles. The normalized spacial score (nSPS) is 33.2. The van der Waals surface area contributed by atoms with E-state index in [9.17, 15) is 10.2 Å². The van der Waals surface area contributed by atoms with Gasteiger partial charge in [0, 0.05) is 0 Å². The minimum absolute atomic E-state index is 0.0970. The van der Waals surface area contributed by atoms with Gasteiger partial charge in [-0.2, -0.15) is 0 Å². The van der Waals surface area contributed by atoms with Gasteiger partial charge < -0.3 is 29.2 Å². The molecule has 4 atom stereocenters. The van der Waals surface area contributed by atoms with E-state index in [2.05, 4.69) is 0 Å². The van der Waals surface area contributed by atoms with Gasteiger partial charge in [-0.15, -0.1) is 0 Å². The summed E-state index contributed by atoms with van der Waals surface area (Å²) in [5, 5.41) is 19.2. The summed E-state index contributed by atoms with van der Waals surface area (Å²) in [5.41, 5.74) is 0. The molecule has 94 valence electrons. The lowest BCUT2D eigenvalue weighted by Gasteiger charge is -2.23. The molecule has 2 aliphatic heterocycles. The summed E-state index contributed by atoms with van der Waals surface area (Å²) in [7, 11) is 0. The second-order valence-corrected chi connectivity index (χ2v) is 4.22. The molecule has 2 fully saturated rings. The molecule has 6 heteroatoms. The summed E-state index contributed by atoms with van der Waals surface area (Å²) in [4.78, 5) is 0. The van der Waals surface area contributed by atoms with Crippen LogP contribution >= 0.6 is 0 Å². The largest absolute Gasteiger partial charge is 0.371 e. The van der Waals surface area contributed by atoms with Crippen LogP contribution in [0.4, 0.5) is 0 Å². The molecule has 16 heavy (non-hydrogen) atoms. The van der Waals surface area contributed by atoms with Crippen LogP contribution in [-0.4, -0.2) is 61.4 Å². The van der Waals surface area contributed by atoms with Crippen LogP contribution in [0, 0.1) is 5.92 Å². The lowest BCUT2D eigenvalue weighted by atomic mass is 10.1. The number of rotatable bonds is 8. The molecule has 2 N–H and O–H groups in total. The number of hydrogen-bond donors (Lipinski definition) is 2. The first kappa shape index (κ1) is 12.2. The molecule has 0 aromatic carbocycles. The van der Waals surface area contributed by atoms with Crippen molar-refractivity contribution in [2.45, 2.75) is 31.7 Å². The second kappa shape index (κ2) is 5.39. The maximum Gasteiger partial charge on any atom is 0.162 e. The molecule has 2 heterocycles. The lowest BCUT2D eigenvalue weighted by molar-refractivity contribution is -0.215. The predicted octanol–water partition coefficient (Wildman–Crippen LogP) is -0.910. The van der Waals surface area contributed by atoms with Gasteiger partial charge in [0.25, 0.3) is 0 Å². The van der Waals surface area contributed by atoms with Gasteiger partial charge in [0.15, 0.2) is 12.6 Å². The molecule has 2 saturated heterocycles. The highest BCUT2D eigenvalue weighted by Crippen LogP contribution is 2.17. The third-order valence-electron chi connectivity index (χ3n) is 2.61. The fourth-order valence-electron chi connectivity index (χ4n) is 1.18. The van der Waals surface area contributed by atoms with Crippen LogP contribution in [0.25, 0.3) is 0 Å². The van der Waals surface area contributed by atoms with Crippen molar-refractivity contribution in [3.63, 3.8) is 0 Å². The van der Waals surface area contributed by atoms with Crippen LogP contribution in [0.2, 0.25) is 0 Å². The smallest absolute Gasteiger partial charge is 0.162 e. The Balaban J connectivity index is 1.60. The summed E-state index contributed by atoms with van der Waals surface area (Å²) in [6, 6.07) is 0. The Kier molecular flexibility index (Phi) is 4.12. The first-order chi connectivity index (χ1) is 7.66. The van der Waals surface area contributed by atoms with Crippen molar-refractivity contribution in [1.82, 2.24) is 0 Å². The van der Waals surface area contributed by atoms with Crippen molar-refractivity contribution in [2.75, 3.05) is 26.4 Å². The van der Waals surface area contributed by atoms with E-state index in [-0.39, 0.29) is 12.2 Å². The summed E-state index contributed by atoms with van der Waals surface area (Å²) in [6.45, 7) is 3.73. The zero-order valence-electron chi connectivity index (χ0n) is 9.24. The first-order valence-corrected chi connectivity index (χ1v) is 5.49. The van der Waals surface area contributed by atoms with Crippen LogP contribution in [0.15, 0.2) is 0 Å². The first-order valence-electron chi connectivity index (χ1n) is 5.49. The fourth-order valence-corrected chi connectivity index (χ4v) is 1.18. The van der Waals surface area contributed by atoms with Gasteiger partial charge in [-0.05, 0) is 0 Å². The van der Waals surface area contributed by atoms with E-state index >= 15 is 0 Å². The van der Waals surface area contributed by atoms with Crippen LogP contribution < -0.4 is 0 Å². The van der Waals surface area contributed by atoms with Crippen molar-refractivity contribution >= 4 is 0 Å². The quantitative estimate of drug-likeness (QED) is 0.418. The zero-order chi connectivity index (χ0) is 11.5. The van der Waals surface area contributed by atoms with Crippen molar-refractivity contribution < 1.29 is 29.2 Å². The molecule has 2 aliphatic rings. The van der Waals surface area contributed by atoms with Crippen LogP contribution in [0.1, 0.15) is 6.92 Å². The molecular formula is C10H18O6. The Morgan fingerprint density at radius 2 is 1.44 bits per heavy atom. The second-order valence-electron chi connectivity index (χ2n) is 4.22. The minimum atomic E-state index is -1.04. The highest BCUT2D eigenvalue weighted by molar-refractivity contribution is 4.70. The van der Waals surface area contributed by atoms with E-state index in [1.807, 2.05) is 0 Å². The van der Waals surface area contributed by atoms with Crippen LogP contribution in [0.3, 0.4) is 0 Å². The number of hydrogen-bond acceptors (Lipinski definition) is 6. The third-order valence-corrected chi connectivity index (χ3v) is 2.61. The Morgan fingerprint density at radius 3 is 1.75 bits per heavy atom. The Hall–Kier alpha value is -0.240. The minimum Gasteiger partial charge on any atom is -0.371 e. The van der Waals surface area contributed by atoms with Crippen LogP contribution in [0.5, 0.6) is 0 Å². The number of epoxide rings is 2. The summed E-state index contributed by atoms with van der Waals surface area (Å²) in [6.07, 6.45) is -1.89. The van der Waals surface area contributed by atoms with Crippen molar-refractivity contribution in [3.8, 4) is 0 Å². The van der Waals surface area contributed by atoms with Crippen molar-refractivity contribution in [2.24, 2.45) is 5.92 Å². The molecule has 0 radical (unpaired) electrons. The van der Waals surface area contributed by atoms with Gasteiger partial charge in [-0.3, -0.25) is 0 Å². The molecule has 6 nitrogen and oxygen atoms in total. The van der Waals surface area contributed by atoms with E-state index in [0.717, 1.165) is 0 Å². The highest BCUT2D eigenvalue weighted by Gasteiger charge is 2.30. The molecule has 2 rings (SSSR count). The average Bonchev–Trinajstić information content (AvgIpc) is 3.15. The lowest BCUT2D eigenvalue weighted by Crippen LogP contribution is -2.34. The summed E-state index contributed by atoms with van der Waals surface area (Å²) < 4.78 is 20.1. The molecule has 0 spiro atoms. The van der Waals surface area contributed by atoms with Crippen molar-refractivity contribution in [3.05, 3.63) is 0 Å². The molecule has 0 aromatic rings. The molecule has 0 amide bonds. The molecular weight excluding hydrogens is 216 g/mol. The summed E-state index contributed by atoms with van der Waals surface area (Å²) >= 11 is 0. The van der Waals surface area contributed by atoms with Gasteiger partial charge >= 0.3 is 0 Å². The Bertz CT molecular complexity index is 193. The van der Waals surface area contributed by atoms with Crippen LogP contribution in [-0.2, 0) is 18.9 Å². The van der Waals surface area contributed by atoms with Gasteiger partial charge in [-0.25, -0.2) is 0 Å². The van der Waals surface area contributed by atoms with Gasteiger partial charge in [0.2, 0.25) is 0 Å². The molecule has 0 saturated carbocycles. The predicted molar refractivity (Wildman–Crippen MR) is 52.6 cm³/mol. The SMILES string of the molecule is CC(C(O)OCC1CO1)C(O)OCC1CO1. The van der Waals surface area contributed by atoms with E-state index in [0.29, 0.717) is 26.4 Å². The standard InChI is InChI=1S/C10H18O6/c1-6(9(11)15-4-7-2-13-7)10(12)16-5-8-3-14-8/h6-12H,2-5H2,1H3. The Labute approximate surface area is 94.1 Å². The van der Waals surface area contributed by atoms with Gasteiger partial charge in [-0.1, -0.05) is 6.92 Å². The van der Waals surface area contributed by atoms with Gasteiger partial charge in [0.05, 0.1) is 32.3 Å².